The molecular formula is C98H130N16O30S. The Balaban J connectivity index is 0.552. The number of likely N-dealkylation sites (tertiary alicyclic amines) is 1. The molecule has 5 aliphatic rings. The van der Waals surface area contributed by atoms with E-state index in [1.807, 2.05) is 19.1 Å². The molecule has 145 heavy (non-hydrogen) atoms. The van der Waals surface area contributed by atoms with Crippen molar-refractivity contribution < 1.29 is 143 Å². The highest BCUT2D eigenvalue weighted by Crippen LogP contribution is 2.47. The molecule has 3 aliphatic heterocycles. The summed E-state index contributed by atoms with van der Waals surface area (Å²) in [6, 6.07) is 15.0. The number of benzene rings is 4. The zero-order valence-corrected chi connectivity index (χ0v) is 82.6. The molecule has 4 heterocycles. The lowest BCUT2D eigenvalue weighted by atomic mass is 9.80. The number of fused-ring (bicyclic) bond motifs is 6. The van der Waals surface area contributed by atoms with E-state index in [-0.39, 0.29) is 233 Å². The first-order valence-corrected chi connectivity index (χ1v) is 50.0. The number of Topliss-reactive ketones (excluding diaryl/α,β-unsaturated/α-hetero) is 1. The fraction of sp³-hybridized carbons (Fsp3) is 0.520. The number of carboxylic acids is 2. The van der Waals surface area contributed by atoms with Gasteiger partial charge in [0, 0.05) is 130 Å². The number of ketones is 1. The van der Waals surface area contributed by atoms with Crippen molar-refractivity contribution >= 4 is 144 Å². The van der Waals surface area contributed by atoms with E-state index in [2.05, 4.69) is 73.8 Å². The van der Waals surface area contributed by atoms with E-state index in [9.17, 15) is 95.3 Å². The number of nitrogens with zero attached hydrogens (tertiary/aromatic N) is 2. The van der Waals surface area contributed by atoms with E-state index in [0.29, 0.717) is 97.7 Å². The summed E-state index contributed by atoms with van der Waals surface area (Å²) < 4.78 is 85.7. The largest absolute Gasteiger partial charge is 0.481 e. The number of aliphatic carboxylic acids is 2. The molecule has 2 aliphatic carbocycles. The van der Waals surface area contributed by atoms with E-state index in [1.54, 1.807) is 32.9 Å². The number of sulfonamides is 1. The normalized spacial score (nSPS) is 16.3. The topological polar surface area (TPSA) is 625 Å². The van der Waals surface area contributed by atoms with Gasteiger partial charge in [0.25, 0.3) is 10.0 Å². The third-order valence-electron chi connectivity index (χ3n) is 23.8. The fourth-order valence-electron chi connectivity index (χ4n) is 16.4. The molecule has 788 valence electrons. The number of pyridine rings is 1. The molecule has 1 aromatic heterocycles. The number of hydrogen-bond donors (Lipinski definition) is 16. The van der Waals surface area contributed by atoms with Crippen molar-refractivity contribution in [2.24, 2.45) is 11.8 Å². The number of anilines is 4. The van der Waals surface area contributed by atoms with Crippen molar-refractivity contribution in [1.82, 2.24) is 63.1 Å². The molecule has 10 rings (SSSR count). The summed E-state index contributed by atoms with van der Waals surface area (Å²) in [6.45, 7) is 9.07. The molecule has 1 unspecified atom stereocenters. The van der Waals surface area contributed by atoms with Gasteiger partial charge in [-0.3, -0.25) is 57.5 Å². The molecule has 2 bridgehead atoms. The minimum absolute atomic E-state index is 0.00473. The number of unbranched alkanes of at least 4 members (excludes halogenated alkanes) is 1. The van der Waals surface area contributed by atoms with Crippen molar-refractivity contribution in [3.63, 3.8) is 0 Å². The third-order valence-corrected chi connectivity index (χ3v) is 25.2. The second kappa shape index (κ2) is 57.5. The number of carbonyl (C=O) groups excluding carboxylic acids is 14. The number of nitrogens with one attached hydrogen (secondary N) is 14. The number of amides is 14. The molecule has 47 heteroatoms. The van der Waals surface area contributed by atoms with Gasteiger partial charge in [-0.05, 0) is 166 Å². The predicted molar refractivity (Wildman–Crippen MR) is 523 cm³/mol. The summed E-state index contributed by atoms with van der Waals surface area (Å²) in [5, 5.41) is 54.9. The van der Waals surface area contributed by atoms with Gasteiger partial charge in [0.05, 0.1) is 114 Å². The molecule has 1 saturated heterocycles. The van der Waals surface area contributed by atoms with Gasteiger partial charge in [-0.2, -0.15) is 0 Å². The minimum atomic E-state index is -4.20. The number of aromatic nitrogens is 1. The van der Waals surface area contributed by atoms with Crippen molar-refractivity contribution in [3.8, 4) is 11.5 Å². The molecule has 7 atom stereocenters. The van der Waals surface area contributed by atoms with Crippen LogP contribution >= 0.6 is 0 Å². The van der Waals surface area contributed by atoms with Gasteiger partial charge in [-0.1, -0.05) is 45.9 Å². The number of allylic oxidation sites excluding steroid dienone is 1. The first-order valence-electron chi connectivity index (χ1n) is 48.5. The second-order valence-electron chi connectivity index (χ2n) is 35.0. The lowest BCUT2D eigenvalue weighted by Gasteiger charge is -2.37. The average Bonchev–Trinajstić information content (AvgIpc) is 1.59. The third kappa shape index (κ3) is 35.5. The average molecular weight is 2040 g/mol. The summed E-state index contributed by atoms with van der Waals surface area (Å²) in [5.74, 6) is -8.93. The first kappa shape index (κ1) is 113. The van der Waals surface area contributed by atoms with Crippen molar-refractivity contribution in [2.75, 3.05) is 160 Å². The lowest BCUT2D eigenvalue weighted by Crippen LogP contribution is -2.58. The zero-order valence-electron chi connectivity index (χ0n) is 81.8. The Morgan fingerprint density at radius 1 is 0.552 bits per heavy atom. The van der Waals surface area contributed by atoms with E-state index in [1.165, 1.54) is 79.8 Å². The number of carbonyl (C=O) groups is 16. The van der Waals surface area contributed by atoms with Crippen LogP contribution in [0.15, 0.2) is 113 Å². The molecule has 16 N–H and O–H groups in total. The summed E-state index contributed by atoms with van der Waals surface area (Å²) in [7, 11) is -2.68. The maximum atomic E-state index is 14.6. The Hall–Kier alpha value is -14.0. The van der Waals surface area contributed by atoms with Gasteiger partial charge in [0.2, 0.25) is 59.7 Å². The number of hydrogen-bond acceptors (Lipinski definition) is 29. The van der Waals surface area contributed by atoms with Crippen LogP contribution in [0.25, 0.3) is 16.5 Å². The maximum absolute atomic E-state index is 14.6. The van der Waals surface area contributed by atoms with Crippen molar-refractivity contribution in [1.29, 1.82) is 0 Å². The number of rotatable bonds is 61. The summed E-state index contributed by atoms with van der Waals surface area (Å²) >= 11 is 0. The maximum Gasteiger partial charge on any atom is 0.355 e. The Labute approximate surface area is 838 Å². The standard InChI is InChI=1S/C98H130N16O30S/c1-6-30-103-95(130)107-68-16-11-18-70(54-68)145(133,134)113-69-17-10-15-61(51-69)75(56-85(120)121)111-97(132)106-67-27-25-66(26-28-67)105-96(131)104-34-39-138-43-47-140-46-42-137-38-33-102-90(125)73(19-8-9-31-100-81(116)22-12-21-80(115)99-5)108-83(118)24-13-23-82(117)101-32-37-136-41-45-139-44-40-135-36-29-84(119)109-76(57-86(122)123)92(127)114-35-14-20-77(114)91(126)112-87(60(3)4)93(128)144-98(7-2)72-52-64-50-65(89(124)71(72)58-141-94(98)129)49-63-48-62-53-78-79(143-59-142-78)55-74(62)110-88(63)64/h10-11,15-18,25-28,48,51-55,60,65,73,75-77,87,113H,6-9,12-14,19-24,29-47,49-50,56-59H2,1-5H3,(H,99,115)(H,100,116)(H,101,117)(H,102,125)(H,108,118)(H,109,119)(H,112,126)(H,120,121)(H,122,123)(H2,103,107,130)(H2,104,105,131)(H2,106,111,132)/t65?,73-,75+,76-,77-,87-,98-/m0/s1. The molecule has 0 radical (unpaired) electrons. The molecule has 0 saturated carbocycles. The number of ether oxygens (including phenoxy) is 10. The van der Waals surface area contributed by atoms with Gasteiger partial charge in [0.1, 0.15) is 30.8 Å². The van der Waals surface area contributed by atoms with Gasteiger partial charge in [0.15, 0.2) is 17.3 Å². The number of carboxylic acid groups (broad SMARTS) is 2. The van der Waals surface area contributed by atoms with E-state index in [0.717, 1.165) is 15.8 Å². The summed E-state index contributed by atoms with van der Waals surface area (Å²) in [4.78, 5) is 216. The number of urea groups is 3. The Morgan fingerprint density at radius 3 is 1.77 bits per heavy atom. The van der Waals surface area contributed by atoms with Gasteiger partial charge >= 0.3 is 42.0 Å². The number of esters is 2. The van der Waals surface area contributed by atoms with Crippen LogP contribution in [0.4, 0.5) is 37.1 Å². The Kier molecular flexibility index (Phi) is 44.8. The van der Waals surface area contributed by atoms with Crippen LogP contribution in [-0.2, 0) is 117 Å². The molecule has 1 fully saturated rings. The molecule has 5 aromatic rings. The monoisotopic (exact) mass is 2040 g/mol. The minimum Gasteiger partial charge on any atom is -0.481 e. The van der Waals surface area contributed by atoms with Crippen LogP contribution in [0.5, 0.6) is 11.5 Å². The Bertz CT molecular complexity index is 5590. The van der Waals surface area contributed by atoms with Crippen LogP contribution in [0.3, 0.4) is 0 Å². The van der Waals surface area contributed by atoms with Crippen LogP contribution in [-0.4, -0.2) is 292 Å². The first-order chi connectivity index (χ1) is 69.7. The molecule has 4 aromatic carbocycles. The second-order valence-corrected chi connectivity index (χ2v) is 36.7. The zero-order chi connectivity index (χ0) is 104. The van der Waals surface area contributed by atoms with Crippen LogP contribution in [0.1, 0.15) is 160 Å². The van der Waals surface area contributed by atoms with Crippen molar-refractivity contribution in [3.05, 3.63) is 125 Å². The van der Waals surface area contributed by atoms with E-state index in [4.69, 9.17) is 52.4 Å². The van der Waals surface area contributed by atoms with E-state index < -0.39 is 142 Å². The van der Waals surface area contributed by atoms with Gasteiger partial charge < -0.3 is 132 Å². The SMILES string of the molecule is CCCNC(=O)Nc1cccc(S(=O)(=O)Nc2cccc([C@@H](CC(=O)O)NC(=O)Nc3ccc(NC(=O)NCCOCCOCCOCCNC(=O)[C@H](CCCCNC(=O)CCCC(=O)NC)NC(=O)CCCC(=O)NCCOCCOCCOCCC(=O)N[C@@H](CC(=O)O)C(=O)N4CCC[C@H]4C(=O)N[C@H](C(=O)O[C@]4(CC)C(=O)OCC5=C4C=C4CC(Cc6cc7cc8c(cc7nc64)OCO8)C5=O)C(C)C)cc3)c2)c1. The summed E-state index contributed by atoms with van der Waals surface area (Å²) in [6.07, 6.45) is 3.66. The van der Waals surface area contributed by atoms with Crippen LogP contribution in [0, 0.1) is 11.8 Å². The van der Waals surface area contributed by atoms with Crippen molar-refractivity contribution in [2.45, 2.75) is 184 Å². The smallest absolute Gasteiger partial charge is 0.355 e. The van der Waals surface area contributed by atoms with Gasteiger partial charge in [-0.15, -0.1) is 0 Å². The van der Waals surface area contributed by atoms with Gasteiger partial charge in [-0.25, -0.2) is 37.4 Å². The fourth-order valence-corrected chi connectivity index (χ4v) is 17.5. The highest BCUT2D eigenvalue weighted by atomic mass is 32.2. The number of cyclic esters (lactones) is 1. The van der Waals surface area contributed by atoms with Crippen LogP contribution in [0.2, 0.25) is 0 Å². The lowest BCUT2D eigenvalue weighted by molar-refractivity contribution is -0.182. The molecule has 0 spiro atoms. The highest BCUT2D eigenvalue weighted by Gasteiger charge is 2.54. The Morgan fingerprint density at radius 2 is 1.12 bits per heavy atom. The molecule has 14 amide bonds. The molecule has 46 nitrogen and oxygen atoms in total. The van der Waals surface area contributed by atoms with E-state index >= 15 is 0 Å². The highest BCUT2D eigenvalue weighted by molar-refractivity contribution is 7.92. The van der Waals surface area contributed by atoms with Crippen LogP contribution < -0.4 is 83.3 Å². The summed E-state index contributed by atoms with van der Waals surface area (Å²) in [5.41, 5.74) is 2.18. The predicted octanol–water partition coefficient (Wildman–Crippen LogP) is 5.20. The quantitative estimate of drug-likeness (QED) is 0.0176. The molecular weight excluding hydrogens is 1910 g/mol.